The molecule has 6 nitrogen and oxygen atoms in total. The van der Waals surface area contributed by atoms with Crippen LogP contribution in [0.1, 0.15) is 56.2 Å². The van der Waals surface area contributed by atoms with Crippen LogP contribution in [0.3, 0.4) is 0 Å². The summed E-state index contributed by atoms with van der Waals surface area (Å²) < 4.78 is 10.5. The number of carbonyl (C=O) groups is 2. The Balaban J connectivity index is 2.11. The van der Waals surface area contributed by atoms with Crippen LogP contribution in [-0.2, 0) is 16.1 Å². The molecule has 0 aromatic heterocycles. The van der Waals surface area contributed by atoms with E-state index in [-0.39, 0.29) is 18.4 Å². The van der Waals surface area contributed by atoms with Crippen LogP contribution in [0.15, 0.2) is 36.4 Å². The Morgan fingerprint density at radius 1 is 0.862 bits per heavy atom. The first-order chi connectivity index (χ1) is 13.8. The number of ether oxygens (including phenoxy) is 2. The minimum absolute atomic E-state index is 0.204. The molecule has 2 N–H and O–H groups in total. The monoisotopic (exact) mass is 398 g/mol. The number of hydrogen-bond donors (Lipinski definition) is 2. The van der Waals surface area contributed by atoms with Crippen molar-refractivity contribution in [1.29, 1.82) is 0 Å². The van der Waals surface area contributed by atoms with Gasteiger partial charge in [0.2, 0.25) is 0 Å². The summed E-state index contributed by atoms with van der Waals surface area (Å²) >= 11 is 0. The van der Waals surface area contributed by atoms with E-state index >= 15 is 0 Å². The molecule has 0 heterocycles. The zero-order chi connectivity index (χ0) is 21.6. The van der Waals surface area contributed by atoms with E-state index in [0.717, 1.165) is 22.4 Å². The third-order valence-electron chi connectivity index (χ3n) is 4.72. The highest BCUT2D eigenvalue weighted by Crippen LogP contribution is 2.32. The second-order valence-corrected chi connectivity index (χ2v) is 7.45. The van der Waals surface area contributed by atoms with Crippen molar-refractivity contribution in [3.63, 3.8) is 0 Å². The lowest BCUT2D eigenvalue weighted by Crippen LogP contribution is -2.35. The molecule has 0 saturated carbocycles. The van der Waals surface area contributed by atoms with Crippen LogP contribution in [-0.4, -0.2) is 26.0 Å². The molecule has 0 fully saturated rings. The molecule has 6 heteroatoms. The molecule has 0 spiro atoms. The maximum Gasteiger partial charge on any atom is 0.313 e. The molecule has 156 valence electrons. The van der Waals surface area contributed by atoms with Gasteiger partial charge in [0.15, 0.2) is 11.5 Å². The van der Waals surface area contributed by atoms with Gasteiger partial charge in [0.05, 0.1) is 14.2 Å². The average molecular weight is 399 g/mol. The number of nitrogens with one attached hydrogen (secondary N) is 2. The van der Waals surface area contributed by atoms with Crippen LogP contribution in [0.25, 0.3) is 0 Å². The van der Waals surface area contributed by atoms with E-state index in [1.54, 1.807) is 26.4 Å². The number of para-hydroxylation sites is 1. The van der Waals surface area contributed by atoms with Gasteiger partial charge in [0.1, 0.15) is 0 Å². The molecule has 29 heavy (non-hydrogen) atoms. The van der Waals surface area contributed by atoms with Crippen molar-refractivity contribution in [2.45, 2.75) is 46.1 Å². The fraction of sp³-hybridized carbons (Fsp3) is 0.391. The Hall–Kier alpha value is -3.02. The Morgan fingerprint density at radius 3 is 1.97 bits per heavy atom. The number of hydrogen-bond acceptors (Lipinski definition) is 4. The van der Waals surface area contributed by atoms with Crippen LogP contribution >= 0.6 is 0 Å². The largest absolute Gasteiger partial charge is 0.493 e. The van der Waals surface area contributed by atoms with Gasteiger partial charge in [-0.05, 0) is 40.7 Å². The highest BCUT2D eigenvalue weighted by atomic mass is 16.5. The first kappa shape index (κ1) is 22.3. The fourth-order valence-corrected chi connectivity index (χ4v) is 3.12. The van der Waals surface area contributed by atoms with Gasteiger partial charge in [-0.2, -0.15) is 0 Å². The summed E-state index contributed by atoms with van der Waals surface area (Å²) in [6.07, 6.45) is 0. The summed E-state index contributed by atoms with van der Waals surface area (Å²) in [5.74, 6) is 0.245. The SMILES string of the molecule is COc1ccc(CNC(=O)C(=O)Nc2c(C(C)C)cccc2C(C)C)cc1OC. The highest BCUT2D eigenvalue weighted by Gasteiger charge is 2.20. The van der Waals surface area contributed by atoms with E-state index in [9.17, 15) is 9.59 Å². The first-order valence-corrected chi connectivity index (χ1v) is 9.71. The lowest BCUT2D eigenvalue weighted by atomic mass is 9.92. The van der Waals surface area contributed by atoms with E-state index < -0.39 is 11.8 Å². The van der Waals surface area contributed by atoms with Crippen LogP contribution in [0.4, 0.5) is 5.69 Å². The molecule has 0 bridgehead atoms. The van der Waals surface area contributed by atoms with Crippen LogP contribution in [0, 0.1) is 0 Å². The molecular weight excluding hydrogens is 368 g/mol. The van der Waals surface area contributed by atoms with Crippen LogP contribution < -0.4 is 20.1 Å². The third kappa shape index (κ3) is 5.50. The number of carbonyl (C=O) groups excluding carboxylic acids is 2. The average Bonchev–Trinajstić information content (AvgIpc) is 2.71. The fourth-order valence-electron chi connectivity index (χ4n) is 3.12. The van der Waals surface area contributed by atoms with Crippen molar-refractivity contribution < 1.29 is 19.1 Å². The van der Waals surface area contributed by atoms with E-state index in [1.165, 1.54) is 0 Å². The van der Waals surface area contributed by atoms with Crippen LogP contribution in [0.5, 0.6) is 11.5 Å². The van der Waals surface area contributed by atoms with Crippen molar-refractivity contribution in [2.75, 3.05) is 19.5 Å². The summed E-state index contributed by atoms with van der Waals surface area (Å²) in [6, 6.07) is 11.3. The molecule has 0 aliphatic carbocycles. The Bertz CT molecular complexity index is 849. The summed E-state index contributed by atoms with van der Waals surface area (Å²) in [4.78, 5) is 24.9. The number of anilines is 1. The first-order valence-electron chi connectivity index (χ1n) is 9.71. The van der Waals surface area contributed by atoms with Gasteiger partial charge in [0, 0.05) is 12.2 Å². The molecule has 2 rings (SSSR count). The summed E-state index contributed by atoms with van der Waals surface area (Å²) in [5.41, 5.74) is 3.55. The Morgan fingerprint density at radius 2 is 1.45 bits per heavy atom. The van der Waals surface area contributed by atoms with Gasteiger partial charge < -0.3 is 20.1 Å². The van der Waals surface area contributed by atoms with Gasteiger partial charge >= 0.3 is 11.8 Å². The van der Waals surface area contributed by atoms with Crippen molar-refractivity contribution >= 4 is 17.5 Å². The lowest BCUT2D eigenvalue weighted by molar-refractivity contribution is -0.136. The molecule has 2 amide bonds. The van der Waals surface area contributed by atoms with Gasteiger partial charge in [0.25, 0.3) is 0 Å². The predicted octanol–water partition coefficient (Wildman–Crippen LogP) is 4.21. The van der Waals surface area contributed by atoms with E-state index in [4.69, 9.17) is 9.47 Å². The summed E-state index contributed by atoms with van der Waals surface area (Å²) in [6.45, 7) is 8.45. The van der Waals surface area contributed by atoms with Gasteiger partial charge in [-0.3, -0.25) is 9.59 Å². The van der Waals surface area contributed by atoms with E-state index in [0.29, 0.717) is 11.5 Å². The lowest BCUT2D eigenvalue weighted by Gasteiger charge is -2.20. The second kappa shape index (κ2) is 9.96. The maximum absolute atomic E-state index is 12.5. The quantitative estimate of drug-likeness (QED) is 0.685. The van der Waals surface area contributed by atoms with Crippen molar-refractivity contribution in [3.05, 3.63) is 53.1 Å². The number of methoxy groups -OCH3 is 2. The van der Waals surface area contributed by atoms with Gasteiger partial charge in [-0.15, -0.1) is 0 Å². The Labute approximate surface area is 172 Å². The van der Waals surface area contributed by atoms with E-state index in [1.807, 2.05) is 24.3 Å². The van der Waals surface area contributed by atoms with Crippen molar-refractivity contribution in [3.8, 4) is 11.5 Å². The number of amides is 2. The third-order valence-corrected chi connectivity index (χ3v) is 4.72. The maximum atomic E-state index is 12.5. The molecule has 0 saturated heterocycles. The molecule has 0 atom stereocenters. The molecule has 0 radical (unpaired) electrons. The molecule has 0 aliphatic heterocycles. The zero-order valence-electron chi connectivity index (χ0n) is 18.0. The van der Waals surface area contributed by atoms with Crippen molar-refractivity contribution in [1.82, 2.24) is 5.32 Å². The zero-order valence-corrected chi connectivity index (χ0v) is 18.0. The minimum Gasteiger partial charge on any atom is -0.493 e. The molecule has 0 unspecified atom stereocenters. The number of benzene rings is 2. The van der Waals surface area contributed by atoms with Gasteiger partial charge in [-0.1, -0.05) is 52.0 Å². The number of rotatable bonds is 7. The van der Waals surface area contributed by atoms with E-state index in [2.05, 4.69) is 38.3 Å². The smallest absolute Gasteiger partial charge is 0.313 e. The predicted molar refractivity (Wildman–Crippen MR) is 115 cm³/mol. The molecular formula is C23H30N2O4. The normalized spacial score (nSPS) is 10.8. The molecule has 2 aromatic carbocycles. The molecule has 0 aliphatic rings. The standard InChI is InChI=1S/C23H30N2O4/c1-14(2)17-8-7-9-18(15(3)4)21(17)25-23(27)22(26)24-13-16-10-11-19(28-5)20(12-16)29-6/h7-12,14-15H,13H2,1-6H3,(H,24,26)(H,25,27). The second-order valence-electron chi connectivity index (χ2n) is 7.45. The topological polar surface area (TPSA) is 76.7 Å². The summed E-state index contributed by atoms with van der Waals surface area (Å²) in [7, 11) is 3.11. The Kier molecular flexibility index (Phi) is 7.65. The van der Waals surface area contributed by atoms with Crippen molar-refractivity contribution in [2.24, 2.45) is 0 Å². The van der Waals surface area contributed by atoms with Gasteiger partial charge in [-0.25, -0.2) is 0 Å². The molecule has 2 aromatic rings. The summed E-state index contributed by atoms with van der Waals surface area (Å²) in [5, 5.41) is 5.48. The van der Waals surface area contributed by atoms with Crippen LogP contribution in [0.2, 0.25) is 0 Å². The minimum atomic E-state index is -0.687. The highest BCUT2D eigenvalue weighted by molar-refractivity contribution is 6.39.